The van der Waals surface area contributed by atoms with Crippen molar-refractivity contribution in [2.75, 3.05) is 18.0 Å². The van der Waals surface area contributed by atoms with Gasteiger partial charge in [-0.2, -0.15) is 0 Å². The van der Waals surface area contributed by atoms with Crippen LogP contribution in [0.5, 0.6) is 0 Å². The molecule has 1 fully saturated rings. The second-order valence-electron chi connectivity index (χ2n) is 5.76. The van der Waals surface area contributed by atoms with Crippen molar-refractivity contribution in [2.24, 2.45) is 0 Å². The third-order valence-corrected chi connectivity index (χ3v) is 4.22. The van der Waals surface area contributed by atoms with Gasteiger partial charge in [-0.25, -0.2) is 0 Å². The number of aromatic nitrogens is 1. The van der Waals surface area contributed by atoms with Gasteiger partial charge >= 0.3 is 0 Å². The van der Waals surface area contributed by atoms with Gasteiger partial charge in [0.05, 0.1) is 0 Å². The Balaban J connectivity index is 2.07. The topological polar surface area (TPSA) is 45.2 Å². The van der Waals surface area contributed by atoms with E-state index in [-0.39, 0.29) is 5.91 Å². The van der Waals surface area contributed by atoms with Gasteiger partial charge in [-0.05, 0) is 44.2 Å². The molecule has 2 heterocycles. The number of pyridine rings is 1. The first kappa shape index (κ1) is 15.8. The van der Waals surface area contributed by atoms with Crippen molar-refractivity contribution in [3.05, 3.63) is 24.0 Å². The molecule has 0 radical (unpaired) electrons. The zero-order chi connectivity index (χ0) is 15.1. The van der Waals surface area contributed by atoms with E-state index in [9.17, 15) is 4.79 Å². The summed E-state index contributed by atoms with van der Waals surface area (Å²) in [5.74, 6) is -0.0599. The zero-order valence-corrected chi connectivity index (χ0v) is 13.3. The molecule has 1 aromatic heterocycles. The SMILES string of the molecule is CCCCNC(=O)c1cc(N2CCCCC2CC)ccn1. The molecular formula is C17H27N3O. The van der Waals surface area contributed by atoms with Gasteiger partial charge < -0.3 is 10.2 Å². The van der Waals surface area contributed by atoms with Crippen LogP contribution in [0.2, 0.25) is 0 Å². The van der Waals surface area contributed by atoms with Crippen LogP contribution in [0.3, 0.4) is 0 Å². The van der Waals surface area contributed by atoms with Crippen LogP contribution < -0.4 is 10.2 Å². The molecule has 1 aliphatic heterocycles. The Morgan fingerprint density at radius 3 is 3.05 bits per heavy atom. The van der Waals surface area contributed by atoms with Crippen LogP contribution in [0, 0.1) is 0 Å². The Labute approximate surface area is 127 Å². The highest BCUT2D eigenvalue weighted by molar-refractivity contribution is 5.93. The quantitative estimate of drug-likeness (QED) is 0.817. The van der Waals surface area contributed by atoms with Crippen molar-refractivity contribution in [1.29, 1.82) is 0 Å². The first-order valence-corrected chi connectivity index (χ1v) is 8.27. The number of amides is 1. The smallest absolute Gasteiger partial charge is 0.269 e. The number of rotatable bonds is 6. The van der Waals surface area contributed by atoms with Gasteiger partial charge in [-0.15, -0.1) is 0 Å². The molecule has 2 rings (SSSR count). The van der Waals surface area contributed by atoms with Crippen LogP contribution in [0.1, 0.15) is 62.9 Å². The number of nitrogens with zero attached hydrogens (tertiary/aromatic N) is 2. The third kappa shape index (κ3) is 4.19. The van der Waals surface area contributed by atoms with E-state index >= 15 is 0 Å². The maximum atomic E-state index is 12.1. The summed E-state index contributed by atoms with van der Waals surface area (Å²) in [4.78, 5) is 18.8. The molecule has 1 aromatic rings. The summed E-state index contributed by atoms with van der Waals surface area (Å²) < 4.78 is 0. The second kappa shape index (κ2) is 8.01. The lowest BCUT2D eigenvalue weighted by Crippen LogP contribution is -2.39. The normalized spacial score (nSPS) is 18.6. The van der Waals surface area contributed by atoms with Crippen LogP contribution >= 0.6 is 0 Å². The van der Waals surface area contributed by atoms with E-state index in [2.05, 4.69) is 29.0 Å². The van der Waals surface area contributed by atoms with E-state index in [1.807, 2.05) is 12.1 Å². The van der Waals surface area contributed by atoms with Crippen molar-refractivity contribution in [3.63, 3.8) is 0 Å². The van der Waals surface area contributed by atoms with E-state index in [1.54, 1.807) is 6.20 Å². The molecular weight excluding hydrogens is 262 g/mol. The Hall–Kier alpha value is -1.58. The predicted octanol–water partition coefficient (Wildman–Crippen LogP) is 3.38. The highest BCUT2D eigenvalue weighted by atomic mass is 16.1. The third-order valence-electron chi connectivity index (χ3n) is 4.22. The van der Waals surface area contributed by atoms with Gasteiger partial charge in [-0.3, -0.25) is 9.78 Å². The number of carbonyl (C=O) groups is 1. The van der Waals surface area contributed by atoms with Crippen LogP contribution in [0.15, 0.2) is 18.3 Å². The fourth-order valence-corrected chi connectivity index (χ4v) is 2.96. The second-order valence-corrected chi connectivity index (χ2v) is 5.76. The molecule has 1 unspecified atom stereocenters. The summed E-state index contributed by atoms with van der Waals surface area (Å²) in [6.07, 6.45) is 8.79. The van der Waals surface area contributed by atoms with E-state index in [4.69, 9.17) is 0 Å². The summed E-state index contributed by atoms with van der Waals surface area (Å²) in [6.45, 7) is 6.16. The molecule has 1 aliphatic rings. The lowest BCUT2D eigenvalue weighted by molar-refractivity contribution is 0.0948. The highest BCUT2D eigenvalue weighted by Crippen LogP contribution is 2.26. The fourth-order valence-electron chi connectivity index (χ4n) is 2.96. The van der Waals surface area contributed by atoms with Gasteiger partial charge in [0.2, 0.25) is 0 Å². The molecule has 0 spiro atoms. The summed E-state index contributed by atoms with van der Waals surface area (Å²) in [7, 11) is 0. The van der Waals surface area contributed by atoms with Crippen molar-refractivity contribution in [1.82, 2.24) is 10.3 Å². The number of unbranched alkanes of at least 4 members (excludes halogenated alkanes) is 1. The first-order valence-electron chi connectivity index (χ1n) is 8.27. The van der Waals surface area contributed by atoms with E-state index < -0.39 is 0 Å². The Bertz CT molecular complexity index is 461. The van der Waals surface area contributed by atoms with Crippen molar-refractivity contribution < 1.29 is 4.79 Å². The van der Waals surface area contributed by atoms with Crippen molar-refractivity contribution >= 4 is 11.6 Å². The molecule has 116 valence electrons. The van der Waals surface area contributed by atoms with Gasteiger partial charge in [0, 0.05) is 31.0 Å². The van der Waals surface area contributed by atoms with Gasteiger partial charge in [-0.1, -0.05) is 20.3 Å². The lowest BCUT2D eigenvalue weighted by Gasteiger charge is -2.37. The minimum absolute atomic E-state index is 0.0599. The molecule has 4 nitrogen and oxygen atoms in total. The van der Waals surface area contributed by atoms with Crippen molar-refractivity contribution in [3.8, 4) is 0 Å². The number of carbonyl (C=O) groups excluding carboxylic acids is 1. The molecule has 4 heteroatoms. The standard InChI is InChI=1S/C17H27N3O/c1-3-5-10-19-17(21)16-13-15(9-11-18-16)20-12-7-6-8-14(20)4-2/h9,11,13-14H,3-8,10,12H2,1-2H3,(H,19,21). The van der Waals surface area contributed by atoms with E-state index in [0.717, 1.165) is 38.0 Å². The number of nitrogens with one attached hydrogen (secondary N) is 1. The molecule has 0 saturated carbocycles. The van der Waals surface area contributed by atoms with E-state index in [0.29, 0.717) is 11.7 Å². The monoisotopic (exact) mass is 289 g/mol. The molecule has 0 bridgehead atoms. The molecule has 1 amide bonds. The van der Waals surface area contributed by atoms with Crippen LogP contribution in [-0.2, 0) is 0 Å². The average molecular weight is 289 g/mol. The number of hydrogen-bond donors (Lipinski definition) is 1. The Kier molecular flexibility index (Phi) is 6.03. The molecule has 0 aromatic carbocycles. The molecule has 1 N–H and O–H groups in total. The minimum atomic E-state index is -0.0599. The summed E-state index contributed by atoms with van der Waals surface area (Å²) in [6, 6.07) is 4.56. The molecule has 1 atom stereocenters. The Morgan fingerprint density at radius 2 is 2.29 bits per heavy atom. The highest BCUT2D eigenvalue weighted by Gasteiger charge is 2.21. The summed E-state index contributed by atoms with van der Waals surface area (Å²) >= 11 is 0. The zero-order valence-electron chi connectivity index (χ0n) is 13.3. The van der Waals surface area contributed by atoms with Gasteiger partial charge in [0.15, 0.2) is 0 Å². The predicted molar refractivity (Wildman–Crippen MR) is 86.8 cm³/mol. The number of piperidine rings is 1. The first-order chi connectivity index (χ1) is 10.3. The van der Waals surface area contributed by atoms with Gasteiger partial charge in [0.1, 0.15) is 5.69 Å². The molecule has 1 saturated heterocycles. The summed E-state index contributed by atoms with van der Waals surface area (Å²) in [5, 5.41) is 2.94. The lowest BCUT2D eigenvalue weighted by atomic mass is 9.99. The Morgan fingerprint density at radius 1 is 1.43 bits per heavy atom. The number of hydrogen-bond acceptors (Lipinski definition) is 3. The maximum absolute atomic E-state index is 12.1. The average Bonchev–Trinajstić information content (AvgIpc) is 2.55. The minimum Gasteiger partial charge on any atom is -0.368 e. The van der Waals surface area contributed by atoms with E-state index in [1.165, 1.54) is 19.3 Å². The maximum Gasteiger partial charge on any atom is 0.269 e. The van der Waals surface area contributed by atoms with Crippen LogP contribution in [-0.4, -0.2) is 30.0 Å². The van der Waals surface area contributed by atoms with Crippen LogP contribution in [0.4, 0.5) is 5.69 Å². The molecule has 0 aliphatic carbocycles. The van der Waals surface area contributed by atoms with Crippen LogP contribution in [0.25, 0.3) is 0 Å². The van der Waals surface area contributed by atoms with Gasteiger partial charge in [0.25, 0.3) is 5.91 Å². The molecule has 21 heavy (non-hydrogen) atoms. The number of anilines is 1. The fraction of sp³-hybridized carbons (Fsp3) is 0.647. The summed E-state index contributed by atoms with van der Waals surface area (Å²) in [5.41, 5.74) is 1.67. The largest absolute Gasteiger partial charge is 0.368 e. The van der Waals surface area contributed by atoms with Crippen molar-refractivity contribution in [2.45, 2.75) is 58.4 Å².